The van der Waals surface area contributed by atoms with E-state index in [1.54, 1.807) is 0 Å². The Kier molecular flexibility index (Phi) is 3.33. The van der Waals surface area contributed by atoms with Gasteiger partial charge in [-0.1, -0.05) is 12.2 Å². The molecule has 0 bridgehead atoms. The van der Waals surface area contributed by atoms with Gasteiger partial charge in [0.2, 0.25) is 0 Å². The molecule has 0 fully saturated rings. The molecule has 3 nitrogen and oxygen atoms in total. The van der Waals surface area contributed by atoms with E-state index in [1.807, 2.05) is 50.1 Å². The van der Waals surface area contributed by atoms with Crippen molar-refractivity contribution in [3.63, 3.8) is 0 Å². The highest BCUT2D eigenvalue weighted by molar-refractivity contribution is 5.75. The van der Waals surface area contributed by atoms with E-state index in [9.17, 15) is 4.79 Å². The zero-order chi connectivity index (χ0) is 10.6. The second-order valence-corrected chi connectivity index (χ2v) is 4.35. The van der Waals surface area contributed by atoms with Gasteiger partial charge in [-0.2, -0.15) is 0 Å². The van der Waals surface area contributed by atoms with E-state index in [0.29, 0.717) is 6.73 Å². The Labute approximate surface area is 85.0 Å². The number of hydrogen-bond donors (Lipinski definition) is 0. The third-order valence-corrected chi connectivity index (χ3v) is 1.86. The lowest BCUT2D eigenvalue weighted by Gasteiger charge is -2.23. The third-order valence-electron chi connectivity index (χ3n) is 1.86. The first kappa shape index (κ1) is 10.8. The SMILES string of the molecule is CC(C)(C)C(=O)OCN1C=CC=CC1. The van der Waals surface area contributed by atoms with Crippen molar-refractivity contribution >= 4 is 5.97 Å². The van der Waals surface area contributed by atoms with Gasteiger partial charge in [-0.15, -0.1) is 0 Å². The summed E-state index contributed by atoms with van der Waals surface area (Å²) < 4.78 is 5.15. The highest BCUT2D eigenvalue weighted by Gasteiger charge is 2.23. The van der Waals surface area contributed by atoms with Gasteiger partial charge in [0.05, 0.1) is 5.41 Å². The van der Waals surface area contributed by atoms with Crippen molar-refractivity contribution in [1.82, 2.24) is 4.90 Å². The molecule has 3 heteroatoms. The number of allylic oxidation sites excluding steroid dienone is 2. The maximum absolute atomic E-state index is 11.4. The Morgan fingerprint density at radius 3 is 2.64 bits per heavy atom. The van der Waals surface area contributed by atoms with Gasteiger partial charge in [-0.05, 0) is 26.8 Å². The van der Waals surface area contributed by atoms with Crippen LogP contribution in [0, 0.1) is 5.41 Å². The van der Waals surface area contributed by atoms with Crippen molar-refractivity contribution in [3.05, 3.63) is 24.4 Å². The van der Waals surface area contributed by atoms with Gasteiger partial charge in [-0.3, -0.25) is 4.79 Å². The molecule has 1 aliphatic rings. The average Bonchev–Trinajstić information content (AvgIpc) is 2.14. The molecule has 0 spiro atoms. The van der Waals surface area contributed by atoms with Gasteiger partial charge in [0, 0.05) is 12.7 Å². The minimum Gasteiger partial charge on any atom is -0.444 e. The van der Waals surface area contributed by atoms with E-state index in [0.717, 1.165) is 6.54 Å². The molecule has 0 atom stereocenters. The topological polar surface area (TPSA) is 29.5 Å². The number of carbonyl (C=O) groups is 1. The van der Waals surface area contributed by atoms with E-state index >= 15 is 0 Å². The number of rotatable bonds is 2. The summed E-state index contributed by atoms with van der Waals surface area (Å²) in [5.74, 6) is -0.166. The maximum atomic E-state index is 11.4. The van der Waals surface area contributed by atoms with Crippen LogP contribution in [0.5, 0.6) is 0 Å². The van der Waals surface area contributed by atoms with Crippen LogP contribution in [-0.2, 0) is 9.53 Å². The third kappa shape index (κ3) is 3.24. The quantitative estimate of drug-likeness (QED) is 0.630. The summed E-state index contributed by atoms with van der Waals surface area (Å²) in [4.78, 5) is 13.4. The second-order valence-electron chi connectivity index (χ2n) is 4.35. The summed E-state index contributed by atoms with van der Waals surface area (Å²) in [7, 11) is 0. The van der Waals surface area contributed by atoms with Gasteiger partial charge in [0.25, 0.3) is 0 Å². The van der Waals surface area contributed by atoms with Crippen molar-refractivity contribution < 1.29 is 9.53 Å². The molecule has 0 N–H and O–H groups in total. The molecular weight excluding hydrogens is 178 g/mol. The monoisotopic (exact) mass is 195 g/mol. The van der Waals surface area contributed by atoms with Crippen LogP contribution in [-0.4, -0.2) is 24.1 Å². The Balaban J connectivity index is 2.31. The predicted molar refractivity (Wildman–Crippen MR) is 55.4 cm³/mol. The lowest BCUT2D eigenvalue weighted by Crippen LogP contribution is -2.29. The van der Waals surface area contributed by atoms with Crippen LogP contribution in [0.2, 0.25) is 0 Å². The van der Waals surface area contributed by atoms with Crippen molar-refractivity contribution in [1.29, 1.82) is 0 Å². The highest BCUT2D eigenvalue weighted by Crippen LogP contribution is 2.15. The van der Waals surface area contributed by atoms with Crippen LogP contribution in [0.4, 0.5) is 0 Å². The van der Waals surface area contributed by atoms with Gasteiger partial charge in [0.1, 0.15) is 0 Å². The maximum Gasteiger partial charge on any atom is 0.312 e. The van der Waals surface area contributed by atoms with Crippen LogP contribution in [0.15, 0.2) is 24.4 Å². The molecule has 1 heterocycles. The van der Waals surface area contributed by atoms with Crippen LogP contribution >= 0.6 is 0 Å². The number of hydrogen-bond acceptors (Lipinski definition) is 3. The lowest BCUT2D eigenvalue weighted by atomic mass is 9.98. The van der Waals surface area contributed by atoms with Crippen LogP contribution in [0.3, 0.4) is 0 Å². The normalized spacial score (nSPS) is 15.8. The molecule has 1 rings (SSSR count). The summed E-state index contributed by atoms with van der Waals surface area (Å²) in [6.07, 6.45) is 7.83. The molecule has 78 valence electrons. The van der Waals surface area contributed by atoms with Crippen molar-refractivity contribution in [2.24, 2.45) is 5.41 Å². The zero-order valence-electron chi connectivity index (χ0n) is 8.99. The number of nitrogens with zero attached hydrogens (tertiary/aromatic N) is 1. The van der Waals surface area contributed by atoms with E-state index in [2.05, 4.69) is 0 Å². The highest BCUT2D eigenvalue weighted by atomic mass is 16.5. The summed E-state index contributed by atoms with van der Waals surface area (Å²) in [5, 5.41) is 0. The fourth-order valence-corrected chi connectivity index (χ4v) is 0.961. The largest absolute Gasteiger partial charge is 0.444 e. The van der Waals surface area contributed by atoms with Gasteiger partial charge >= 0.3 is 5.97 Å². The Hall–Kier alpha value is -1.25. The number of ether oxygens (including phenoxy) is 1. The molecule has 0 aromatic rings. The zero-order valence-corrected chi connectivity index (χ0v) is 8.99. The molecule has 0 aromatic heterocycles. The molecule has 0 amide bonds. The average molecular weight is 195 g/mol. The Morgan fingerprint density at radius 1 is 1.43 bits per heavy atom. The standard InChI is InChI=1S/C11H17NO2/c1-11(2,3)10(13)14-9-12-7-5-4-6-8-12/h4-7H,8-9H2,1-3H3. The molecule has 0 saturated heterocycles. The van der Waals surface area contributed by atoms with Crippen LogP contribution < -0.4 is 0 Å². The summed E-state index contributed by atoms with van der Waals surface area (Å²) in [5.41, 5.74) is -0.421. The molecule has 0 aliphatic carbocycles. The summed E-state index contributed by atoms with van der Waals surface area (Å²) in [6.45, 7) is 6.68. The van der Waals surface area contributed by atoms with E-state index < -0.39 is 5.41 Å². The molecular formula is C11H17NO2. The van der Waals surface area contributed by atoms with E-state index in [4.69, 9.17) is 4.74 Å². The van der Waals surface area contributed by atoms with Crippen molar-refractivity contribution in [3.8, 4) is 0 Å². The van der Waals surface area contributed by atoms with Crippen LogP contribution in [0.1, 0.15) is 20.8 Å². The van der Waals surface area contributed by atoms with Crippen molar-refractivity contribution in [2.75, 3.05) is 13.3 Å². The molecule has 0 saturated carbocycles. The molecule has 0 unspecified atom stereocenters. The molecule has 1 aliphatic heterocycles. The van der Waals surface area contributed by atoms with Gasteiger partial charge in [-0.25, -0.2) is 0 Å². The fraction of sp³-hybridized carbons (Fsp3) is 0.545. The van der Waals surface area contributed by atoms with E-state index in [-0.39, 0.29) is 5.97 Å². The number of carbonyl (C=O) groups excluding carboxylic acids is 1. The second kappa shape index (κ2) is 4.31. The first-order valence-electron chi connectivity index (χ1n) is 4.75. The lowest BCUT2D eigenvalue weighted by molar-refractivity contribution is -0.156. The van der Waals surface area contributed by atoms with Crippen molar-refractivity contribution in [2.45, 2.75) is 20.8 Å². The predicted octanol–water partition coefficient (Wildman–Crippen LogP) is 1.92. The summed E-state index contributed by atoms with van der Waals surface area (Å²) >= 11 is 0. The Morgan fingerprint density at radius 2 is 2.14 bits per heavy atom. The summed E-state index contributed by atoms with van der Waals surface area (Å²) in [6, 6.07) is 0. The van der Waals surface area contributed by atoms with Gasteiger partial charge < -0.3 is 9.64 Å². The van der Waals surface area contributed by atoms with E-state index in [1.165, 1.54) is 0 Å². The molecule has 14 heavy (non-hydrogen) atoms. The smallest absolute Gasteiger partial charge is 0.312 e. The van der Waals surface area contributed by atoms with Gasteiger partial charge in [0.15, 0.2) is 6.73 Å². The minimum absolute atomic E-state index is 0.166. The molecule has 0 radical (unpaired) electrons. The Bertz CT molecular complexity index is 261. The fourth-order valence-electron chi connectivity index (χ4n) is 0.961. The number of esters is 1. The van der Waals surface area contributed by atoms with Crippen LogP contribution in [0.25, 0.3) is 0 Å². The first-order chi connectivity index (χ1) is 6.50. The minimum atomic E-state index is -0.421. The molecule has 0 aromatic carbocycles. The first-order valence-corrected chi connectivity index (χ1v) is 4.75.